The first-order chi connectivity index (χ1) is 7.21. The standard InChI is InChI=1S/C9H12N2O4S/c1-5-4-7(9(12)13)11-8(10-5)6(2)16(3,14)15/h4,6H,1-3H3,(H,12,13). The lowest BCUT2D eigenvalue weighted by molar-refractivity contribution is 0.0689. The fourth-order valence-electron chi connectivity index (χ4n) is 1.07. The molecule has 6 nitrogen and oxygen atoms in total. The second kappa shape index (κ2) is 4.17. The molecule has 0 bridgehead atoms. The summed E-state index contributed by atoms with van der Waals surface area (Å²) >= 11 is 0. The Kier molecular flexibility index (Phi) is 3.27. The summed E-state index contributed by atoms with van der Waals surface area (Å²) < 4.78 is 22.6. The zero-order valence-electron chi connectivity index (χ0n) is 9.13. The van der Waals surface area contributed by atoms with Gasteiger partial charge in [0.1, 0.15) is 11.1 Å². The highest BCUT2D eigenvalue weighted by Crippen LogP contribution is 2.17. The van der Waals surface area contributed by atoms with E-state index >= 15 is 0 Å². The van der Waals surface area contributed by atoms with E-state index in [1.54, 1.807) is 6.92 Å². The molecule has 0 aliphatic carbocycles. The highest BCUT2D eigenvalue weighted by Gasteiger charge is 2.22. The second-order valence-electron chi connectivity index (χ2n) is 3.53. The minimum absolute atomic E-state index is 0.0138. The third-order valence-electron chi connectivity index (χ3n) is 2.10. The lowest BCUT2D eigenvalue weighted by atomic mass is 10.3. The first-order valence-corrected chi connectivity index (χ1v) is 6.45. The minimum atomic E-state index is -3.33. The number of aromatic carboxylic acids is 1. The summed E-state index contributed by atoms with van der Waals surface area (Å²) in [5.74, 6) is -1.19. The summed E-state index contributed by atoms with van der Waals surface area (Å²) in [6.07, 6.45) is 1.06. The molecule has 1 aromatic heterocycles. The summed E-state index contributed by atoms with van der Waals surface area (Å²) in [6.45, 7) is 3.02. The van der Waals surface area contributed by atoms with E-state index in [0.717, 1.165) is 6.26 Å². The monoisotopic (exact) mass is 244 g/mol. The molecular formula is C9H12N2O4S. The van der Waals surface area contributed by atoms with Crippen LogP contribution < -0.4 is 0 Å². The number of aryl methyl sites for hydroxylation is 1. The highest BCUT2D eigenvalue weighted by atomic mass is 32.2. The van der Waals surface area contributed by atoms with Gasteiger partial charge in [-0.1, -0.05) is 0 Å². The first kappa shape index (κ1) is 12.6. The van der Waals surface area contributed by atoms with E-state index in [-0.39, 0.29) is 11.5 Å². The third kappa shape index (κ3) is 2.75. The van der Waals surface area contributed by atoms with Crippen LogP contribution in [0.4, 0.5) is 0 Å². The molecular weight excluding hydrogens is 232 g/mol. The van der Waals surface area contributed by atoms with Gasteiger partial charge in [-0.2, -0.15) is 0 Å². The van der Waals surface area contributed by atoms with Crippen molar-refractivity contribution in [3.8, 4) is 0 Å². The van der Waals surface area contributed by atoms with Gasteiger partial charge in [-0.25, -0.2) is 23.2 Å². The molecule has 0 aliphatic heterocycles. The summed E-state index contributed by atoms with van der Waals surface area (Å²) in [5.41, 5.74) is 0.232. The summed E-state index contributed by atoms with van der Waals surface area (Å²) in [7, 11) is -3.33. The number of carboxylic acid groups (broad SMARTS) is 1. The Bertz CT molecular complexity index is 524. The molecule has 0 fully saturated rings. The van der Waals surface area contributed by atoms with Crippen molar-refractivity contribution >= 4 is 15.8 Å². The van der Waals surface area contributed by atoms with Crippen molar-refractivity contribution in [2.75, 3.05) is 6.26 Å². The van der Waals surface area contributed by atoms with Crippen molar-refractivity contribution in [1.82, 2.24) is 9.97 Å². The molecule has 1 aromatic rings. The van der Waals surface area contributed by atoms with Gasteiger partial charge in [0.05, 0.1) is 0 Å². The highest BCUT2D eigenvalue weighted by molar-refractivity contribution is 7.90. The fraction of sp³-hybridized carbons (Fsp3) is 0.444. The third-order valence-corrected chi connectivity index (χ3v) is 3.59. The topological polar surface area (TPSA) is 97.2 Å². The van der Waals surface area contributed by atoms with Crippen LogP contribution >= 0.6 is 0 Å². The van der Waals surface area contributed by atoms with Gasteiger partial charge in [0.15, 0.2) is 15.5 Å². The van der Waals surface area contributed by atoms with Crippen LogP contribution in [0.5, 0.6) is 0 Å². The molecule has 1 unspecified atom stereocenters. The molecule has 16 heavy (non-hydrogen) atoms. The average molecular weight is 244 g/mol. The van der Waals surface area contributed by atoms with Crippen LogP contribution in [-0.4, -0.2) is 35.7 Å². The Labute approximate surface area is 93.3 Å². The number of carbonyl (C=O) groups is 1. The Morgan fingerprint density at radius 3 is 2.44 bits per heavy atom. The number of rotatable bonds is 3. The van der Waals surface area contributed by atoms with Gasteiger partial charge in [-0.3, -0.25) is 0 Å². The molecule has 88 valence electrons. The number of aromatic nitrogens is 2. The normalized spacial score (nSPS) is 13.4. The number of nitrogens with zero attached hydrogens (tertiary/aromatic N) is 2. The van der Waals surface area contributed by atoms with Crippen LogP contribution in [0.1, 0.15) is 34.2 Å². The Hall–Kier alpha value is -1.50. The van der Waals surface area contributed by atoms with Gasteiger partial charge in [-0.15, -0.1) is 0 Å². The van der Waals surface area contributed by atoms with E-state index in [1.165, 1.54) is 13.0 Å². The number of hydrogen-bond donors (Lipinski definition) is 1. The summed E-state index contributed by atoms with van der Waals surface area (Å²) in [6, 6.07) is 1.29. The van der Waals surface area contributed by atoms with Crippen LogP contribution in [0.2, 0.25) is 0 Å². The fourth-order valence-corrected chi connectivity index (χ4v) is 1.56. The minimum Gasteiger partial charge on any atom is -0.477 e. The van der Waals surface area contributed by atoms with Crippen LogP contribution in [0.25, 0.3) is 0 Å². The largest absolute Gasteiger partial charge is 0.477 e. The van der Waals surface area contributed by atoms with Crippen molar-refractivity contribution < 1.29 is 18.3 Å². The molecule has 0 saturated heterocycles. The zero-order chi connectivity index (χ0) is 12.5. The molecule has 0 spiro atoms. The predicted molar refractivity (Wildman–Crippen MR) is 57.0 cm³/mol. The zero-order valence-corrected chi connectivity index (χ0v) is 9.95. The van der Waals surface area contributed by atoms with Gasteiger partial charge in [0.25, 0.3) is 0 Å². The van der Waals surface area contributed by atoms with Crippen molar-refractivity contribution in [2.24, 2.45) is 0 Å². The Morgan fingerprint density at radius 1 is 1.44 bits per heavy atom. The Morgan fingerprint density at radius 2 is 2.00 bits per heavy atom. The molecule has 1 atom stereocenters. The lowest BCUT2D eigenvalue weighted by Crippen LogP contribution is -2.14. The molecule has 0 aliphatic rings. The Balaban J connectivity index is 3.31. The average Bonchev–Trinajstić information content (AvgIpc) is 2.14. The first-order valence-electron chi connectivity index (χ1n) is 4.49. The smallest absolute Gasteiger partial charge is 0.354 e. The summed E-state index contributed by atoms with van der Waals surface area (Å²) in [4.78, 5) is 18.4. The molecule has 0 amide bonds. The van der Waals surface area contributed by atoms with Crippen LogP contribution in [0.15, 0.2) is 6.07 Å². The van der Waals surface area contributed by atoms with Crippen molar-refractivity contribution in [3.63, 3.8) is 0 Å². The van der Waals surface area contributed by atoms with Crippen LogP contribution in [0.3, 0.4) is 0 Å². The van der Waals surface area contributed by atoms with Crippen LogP contribution in [0, 0.1) is 6.92 Å². The van der Waals surface area contributed by atoms with Gasteiger partial charge >= 0.3 is 5.97 Å². The molecule has 0 aromatic carbocycles. The quantitative estimate of drug-likeness (QED) is 0.835. The van der Waals surface area contributed by atoms with E-state index in [2.05, 4.69) is 9.97 Å². The predicted octanol–water partition coefficient (Wildman–Crippen LogP) is 0.589. The van der Waals surface area contributed by atoms with Gasteiger partial charge in [0.2, 0.25) is 0 Å². The summed E-state index contributed by atoms with van der Waals surface area (Å²) in [5, 5.41) is 7.87. The van der Waals surface area contributed by atoms with E-state index in [4.69, 9.17) is 5.11 Å². The van der Waals surface area contributed by atoms with Gasteiger partial charge in [0, 0.05) is 11.9 Å². The van der Waals surface area contributed by atoms with E-state index in [1.807, 2.05) is 0 Å². The van der Waals surface area contributed by atoms with E-state index < -0.39 is 21.1 Å². The number of hydrogen-bond acceptors (Lipinski definition) is 5. The molecule has 1 heterocycles. The van der Waals surface area contributed by atoms with Gasteiger partial charge < -0.3 is 5.11 Å². The van der Waals surface area contributed by atoms with Crippen molar-refractivity contribution in [3.05, 3.63) is 23.3 Å². The van der Waals surface area contributed by atoms with Crippen molar-refractivity contribution in [2.45, 2.75) is 19.1 Å². The lowest BCUT2D eigenvalue weighted by Gasteiger charge is -2.09. The maximum absolute atomic E-state index is 11.3. The number of carboxylic acids is 1. The number of sulfone groups is 1. The SMILES string of the molecule is Cc1cc(C(=O)O)nc(C(C)S(C)(=O)=O)n1. The van der Waals surface area contributed by atoms with E-state index in [9.17, 15) is 13.2 Å². The molecule has 0 saturated carbocycles. The maximum Gasteiger partial charge on any atom is 0.354 e. The van der Waals surface area contributed by atoms with E-state index in [0.29, 0.717) is 5.69 Å². The van der Waals surface area contributed by atoms with Crippen LogP contribution in [-0.2, 0) is 9.84 Å². The molecule has 1 N–H and O–H groups in total. The molecule has 1 rings (SSSR count). The van der Waals surface area contributed by atoms with Gasteiger partial charge in [-0.05, 0) is 19.9 Å². The second-order valence-corrected chi connectivity index (χ2v) is 5.90. The van der Waals surface area contributed by atoms with Crippen molar-refractivity contribution in [1.29, 1.82) is 0 Å². The maximum atomic E-state index is 11.3. The molecule has 7 heteroatoms. The molecule has 0 radical (unpaired) electrons.